The third-order valence-corrected chi connectivity index (χ3v) is 5.18. The minimum absolute atomic E-state index is 0.0503. The minimum Gasteiger partial charge on any atom is -0.423 e. The Bertz CT molecular complexity index is 1130. The molecule has 3 heterocycles. The van der Waals surface area contributed by atoms with Crippen LogP contribution in [-0.4, -0.2) is 39.5 Å². The number of hydrogen-bond donors (Lipinski definition) is 2. The largest absolute Gasteiger partial charge is 0.423 e. The zero-order valence-electron chi connectivity index (χ0n) is 15.4. The van der Waals surface area contributed by atoms with E-state index in [0.717, 1.165) is 24.1 Å². The number of benzene rings is 1. The Balaban J connectivity index is 1.39. The van der Waals surface area contributed by atoms with Crippen LogP contribution in [0.1, 0.15) is 18.5 Å². The summed E-state index contributed by atoms with van der Waals surface area (Å²) >= 11 is 0. The first kappa shape index (κ1) is 17.2. The highest BCUT2D eigenvalue weighted by atomic mass is 16.4. The van der Waals surface area contributed by atoms with E-state index in [4.69, 9.17) is 9.68 Å². The second-order valence-electron chi connectivity index (χ2n) is 7.03. The lowest BCUT2D eigenvalue weighted by Gasteiger charge is -2.34. The maximum Gasteiger partial charge on any atom is 0.298 e. The molecule has 1 aliphatic carbocycles. The van der Waals surface area contributed by atoms with Gasteiger partial charge >= 0.3 is 0 Å². The number of piperazine rings is 1. The SMILES string of the molecule is N#Cc1ccnc(Nc2cccc(-c3cnc(N4CCNC(=O)C45CC5)o3)c2)n1. The lowest BCUT2D eigenvalue weighted by Crippen LogP contribution is -2.57. The Hall–Kier alpha value is -3.93. The lowest BCUT2D eigenvalue weighted by atomic mass is 10.1. The highest BCUT2D eigenvalue weighted by molar-refractivity contribution is 5.93. The molecule has 1 saturated carbocycles. The number of anilines is 3. The monoisotopic (exact) mass is 387 g/mol. The first-order valence-corrected chi connectivity index (χ1v) is 9.30. The zero-order valence-corrected chi connectivity index (χ0v) is 15.4. The number of nitriles is 1. The number of aromatic nitrogens is 3. The summed E-state index contributed by atoms with van der Waals surface area (Å²) in [6, 6.07) is 11.6. The first-order chi connectivity index (χ1) is 14.2. The highest BCUT2D eigenvalue weighted by Gasteiger charge is 2.57. The number of rotatable bonds is 4. The lowest BCUT2D eigenvalue weighted by molar-refractivity contribution is -0.124. The summed E-state index contributed by atoms with van der Waals surface area (Å²) in [5, 5.41) is 15.0. The molecule has 2 aromatic heterocycles. The molecule has 0 radical (unpaired) electrons. The summed E-state index contributed by atoms with van der Waals surface area (Å²) in [4.78, 5) is 26.9. The van der Waals surface area contributed by atoms with Gasteiger partial charge in [-0.25, -0.2) is 15.0 Å². The summed E-state index contributed by atoms with van der Waals surface area (Å²) in [6.07, 6.45) is 4.84. The van der Waals surface area contributed by atoms with Gasteiger partial charge < -0.3 is 20.0 Å². The molecule has 144 valence electrons. The number of oxazole rings is 1. The number of amides is 1. The summed E-state index contributed by atoms with van der Waals surface area (Å²) in [5.74, 6) is 1.00. The number of nitrogens with zero attached hydrogens (tertiary/aromatic N) is 5. The summed E-state index contributed by atoms with van der Waals surface area (Å²) < 4.78 is 6.01. The Morgan fingerprint density at radius 3 is 3.00 bits per heavy atom. The highest BCUT2D eigenvalue weighted by Crippen LogP contribution is 2.45. The van der Waals surface area contributed by atoms with Crippen LogP contribution in [-0.2, 0) is 4.79 Å². The smallest absolute Gasteiger partial charge is 0.298 e. The molecule has 2 fully saturated rings. The van der Waals surface area contributed by atoms with E-state index in [-0.39, 0.29) is 11.6 Å². The molecule has 5 rings (SSSR count). The van der Waals surface area contributed by atoms with Crippen LogP contribution in [0.4, 0.5) is 17.7 Å². The van der Waals surface area contributed by atoms with Crippen LogP contribution in [0.2, 0.25) is 0 Å². The van der Waals surface area contributed by atoms with Crippen LogP contribution in [0.5, 0.6) is 0 Å². The molecule has 0 atom stereocenters. The van der Waals surface area contributed by atoms with Gasteiger partial charge in [0.15, 0.2) is 5.76 Å². The van der Waals surface area contributed by atoms with Gasteiger partial charge in [0.25, 0.3) is 6.01 Å². The molecule has 1 amide bonds. The van der Waals surface area contributed by atoms with E-state index in [2.05, 4.69) is 25.6 Å². The fraction of sp³-hybridized carbons (Fsp3) is 0.250. The summed E-state index contributed by atoms with van der Waals surface area (Å²) in [5.41, 5.74) is 1.38. The molecular weight excluding hydrogens is 370 g/mol. The molecule has 29 heavy (non-hydrogen) atoms. The van der Waals surface area contributed by atoms with Gasteiger partial charge in [0.05, 0.1) is 6.20 Å². The first-order valence-electron chi connectivity index (χ1n) is 9.30. The van der Waals surface area contributed by atoms with E-state index in [1.807, 2.05) is 35.2 Å². The molecule has 9 heteroatoms. The van der Waals surface area contributed by atoms with Gasteiger partial charge in [-0.15, -0.1) is 0 Å². The van der Waals surface area contributed by atoms with Crippen LogP contribution in [0, 0.1) is 11.3 Å². The maximum atomic E-state index is 12.2. The molecule has 1 spiro atoms. The second kappa shape index (κ2) is 6.60. The minimum atomic E-state index is -0.493. The van der Waals surface area contributed by atoms with Crippen LogP contribution in [0.25, 0.3) is 11.3 Å². The third-order valence-electron chi connectivity index (χ3n) is 5.18. The topological polar surface area (TPSA) is 120 Å². The van der Waals surface area contributed by atoms with Crippen LogP contribution in [0.3, 0.4) is 0 Å². The molecule has 3 aromatic rings. The van der Waals surface area contributed by atoms with Gasteiger partial charge in [-0.1, -0.05) is 12.1 Å². The van der Waals surface area contributed by atoms with Crippen molar-refractivity contribution in [3.05, 3.63) is 48.4 Å². The molecule has 1 saturated heterocycles. The van der Waals surface area contributed by atoms with Crippen molar-refractivity contribution in [2.45, 2.75) is 18.4 Å². The predicted molar refractivity (Wildman–Crippen MR) is 104 cm³/mol. The van der Waals surface area contributed by atoms with Crippen molar-refractivity contribution >= 4 is 23.6 Å². The van der Waals surface area contributed by atoms with Gasteiger partial charge in [-0.3, -0.25) is 4.79 Å². The van der Waals surface area contributed by atoms with E-state index in [1.165, 1.54) is 6.20 Å². The number of carbonyl (C=O) groups excluding carboxylic acids is 1. The Kier molecular flexibility index (Phi) is 3.91. The second-order valence-corrected chi connectivity index (χ2v) is 7.03. The van der Waals surface area contributed by atoms with Crippen molar-refractivity contribution < 1.29 is 9.21 Å². The number of nitrogens with one attached hydrogen (secondary N) is 2. The molecular formula is C20H17N7O2. The van der Waals surface area contributed by atoms with Crippen molar-refractivity contribution in [2.24, 2.45) is 0 Å². The van der Waals surface area contributed by atoms with E-state index in [9.17, 15) is 4.79 Å². The molecule has 2 N–H and O–H groups in total. The average Bonchev–Trinajstić information content (AvgIpc) is 3.38. The Labute approximate surface area is 166 Å². The van der Waals surface area contributed by atoms with Gasteiger partial charge in [0.2, 0.25) is 11.9 Å². The quantitative estimate of drug-likeness (QED) is 0.699. The van der Waals surface area contributed by atoms with Crippen molar-refractivity contribution in [3.63, 3.8) is 0 Å². The Morgan fingerprint density at radius 2 is 2.17 bits per heavy atom. The fourth-order valence-corrected chi connectivity index (χ4v) is 3.56. The van der Waals surface area contributed by atoms with Crippen molar-refractivity contribution in [1.29, 1.82) is 5.26 Å². The van der Waals surface area contributed by atoms with E-state index in [1.54, 1.807) is 12.3 Å². The molecule has 1 aliphatic heterocycles. The normalized spacial score (nSPS) is 16.9. The van der Waals surface area contributed by atoms with Crippen LogP contribution >= 0.6 is 0 Å². The van der Waals surface area contributed by atoms with Crippen LogP contribution < -0.4 is 15.5 Å². The molecule has 9 nitrogen and oxygen atoms in total. The van der Waals surface area contributed by atoms with Gasteiger partial charge in [0.1, 0.15) is 17.3 Å². The third kappa shape index (κ3) is 3.04. The summed E-state index contributed by atoms with van der Waals surface area (Å²) in [7, 11) is 0. The van der Waals surface area contributed by atoms with Crippen molar-refractivity contribution in [3.8, 4) is 17.4 Å². The molecule has 2 aliphatic rings. The van der Waals surface area contributed by atoms with E-state index >= 15 is 0 Å². The van der Waals surface area contributed by atoms with Gasteiger partial charge in [-0.05, 0) is 31.0 Å². The maximum absolute atomic E-state index is 12.2. The van der Waals surface area contributed by atoms with Gasteiger partial charge in [0, 0.05) is 30.5 Å². The van der Waals surface area contributed by atoms with E-state index < -0.39 is 5.54 Å². The average molecular weight is 387 g/mol. The molecule has 0 bridgehead atoms. The molecule has 0 unspecified atom stereocenters. The van der Waals surface area contributed by atoms with Crippen molar-refractivity contribution in [2.75, 3.05) is 23.3 Å². The van der Waals surface area contributed by atoms with E-state index in [0.29, 0.717) is 30.8 Å². The van der Waals surface area contributed by atoms with Crippen LogP contribution in [0.15, 0.2) is 47.1 Å². The van der Waals surface area contributed by atoms with Gasteiger partial charge in [-0.2, -0.15) is 5.26 Å². The van der Waals surface area contributed by atoms with Crippen molar-refractivity contribution in [1.82, 2.24) is 20.3 Å². The fourth-order valence-electron chi connectivity index (χ4n) is 3.56. The Morgan fingerprint density at radius 1 is 1.28 bits per heavy atom. The number of hydrogen-bond acceptors (Lipinski definition) is 8. The number of carbonyl (C=O) groups is 1. The predicted octanol–water partition coefficient (Wildman–Crippen LogP) is 2.22. The zero-order chi connectivity index (χ0) is 19.8. The summed E-state index contributed by atoms with van der Waals surface area (Å²) in [6.45, 7) is 1.26. The standard InChI is InChI=1S/C20H17N7O2/c21-11-15-4-7-23-18(26-15)25-14-3-1-2-13(10-14)16-12-24-19(29-16)27-9-8-22-17(28)20(27)5-6-20/h1-4,7,10,12H,5-6,8-9H2,(H,22,28)(H,23,25,26). The molecule has 1 aromatic carbocycles.